The molecule has 4 heteroatoms. The van der Waals surface area contributed by atoms with Crippen molar-refractivity contribution in [3.8, 4) is 0 Å². The van der Waals surface area contributed by atoms with Gasteiger partial charge >= 0.3 is 0 Å². The second-order valence-electron chi connectivity index (χ2n) is 4.29. The molecule has 3 N–H and O–H groups in total. The second-order valence-corrected chi connectivity index (χ2v) is 4.29. The van der Waals surface area contributed by atoms with Gasteiger partial charge in [-0.25, -0.2) is 4.98 Å². The molecule has 0 unspecified atom stereocenters. The van der Waals surface area contributed by atoms with E-state index in [1.807, 2.05) is 28.8 Å². The third-order valence-electron chi connectivity index (χ3n) is 3.13. The molecule has 15 heavy (non-hydrogen) atoms. The predicted molar refractivity (Wildman–Crippen MR) is 56.3 cm³/mol. The first-order chi connectivity index (χ1) is 7.19. The molecule has 0 bridgehead atoms. The molecule has 3 rings (SSSR count). The Labute approximate surface area is 87.4 Å². The predicted octanol–water partition coefficient (Wildman–Crippen LogP) is 0.643. The van der Waals surface area contributed by atoms with E-state index in [0.29, 0.717) is 12.8 Å². The fourth-order valence-electron chi connectivity index (χ4n) is 2.29. The van der Waals surface area contributed by atoms with Crippen LogP contribution in [0.2, 0.25) is 0 Å². The van der Waals surface area contributed by atoms with E-state index < -0.39 is 5.54 Å². The molecule has 0 amide bonds. The highest BCUT2D eigenvalue weighted by molar-refractivity contribution is 5.42. The molecule has 78 valence electrons. The molecule has 1 saturated carbocycles. The summed E-state index contributed by atoms with van der Waals surface area (Å²) in [6.07, 6.45) is 4.74. The summed E-state index contributed by atoms with van der Waals surface area (Å²) in [6, 6.07) is 5.85. The Kier molecular flexibility index (Phi) is 1.66. The van der Waals surface area contributed by atoms with Gasteiger partial charge < -0.3 is 15.2 Å². The number of nitrogens with zero attached hydrogens (tertiary/aromatic N) is 2. The fraction of sp³-hybridized carbons (Fsp3) is 0.364. The minimum absolute atomic E-state index is 0.260. The molecule has 2 aromatic rings. The zero-order valence-corrected chi connectivity index (χ0v) is 8.30. The molecule has 0 atom stereocenters. The van der Waals surface area contributed by atoms with Crippen LogP contribution in [0, 0.1) is 0 Å². The van der Waals surface area contributed by atoms with Crippen LogP contribution in [0.5, 0.6) is 0 Å². The van der Waals surface area contributed by atoms with Crippen LogP contribution in [0.3, 0.4) is 0 Å². The minimum atomic E-state index is -0.403. The van der Waals surface area contributed by atoms with Gasteiger partial charge in [-0.3, -0.25) is 0 Å². The lowest BCUT2D eigenvalue weighted by Crippen LogP contribution is -2.52. The number of hydrogen-bond acceptors (Lipinski definition) is 3. The van der Waals surface area contributed by atoms with E-state index in [1.165, 1.54) is 0 Å². The molecule has 0 aliphatic heterocycles. The summed E-state index contributed by atoms with van der Waals surface area (Å²) in [5, 5.41) is 9.34. The molecule has 1 aliphatic rings. The number of fused-ring (bicyclic) bond motifs is 1. The van der Waals surface area contributed by atoms with Gasteiger partial charge in [0.1, 0.15) is 5.65 Å². The molecule has 0 spiro atoms. The van der Waals surface area contributed by atoms with Crippen LogP contribution in [-0.4, -0.2) is 20.6 Å². The van der Waals surface area contributed by atoms with Gasteiger partial charge in [-0.05, 0) is 25.0 Å². The van der Waals surface area contributed by atoms with E-state index >= 15 is 0 Å². The van der Waals surface area contributed by atoms with Crippen molar-refractivity contribution < 1.29 is 5.11 Å². The fourth-order valence-corrected chi connectivity index (χ4v) is 2.29. The van der Waals surface area contributed by atoms with Crippen LogP contribution >= 0.6 is 0 Å². The van der Waals surface area contributed by atoms with Crippen molar-refractivity contribution in [2.24, 2.45) is 5.73 Å². The number of aliphatic hydroxyl groups excluding tert-OH is 1. The summed E-state index contributed by atoms with van der Waals surface area (Å²) in [5.41, 5.74) is 7.69. The van der Waals surface area contributed by atoms with E-state index in [1.54, 1.807) is 6.20 Å². The summed E-state index contributed by atoms with van der Waals surface area (Å²) < 4.78 is 1.99. The van der Waals surface area contributed by atoms with Crippen molar-refractivity contribution in [1.29, 1.82) is 0 Å². The summed E-state index contributed by atoms with van der Waals surface area (Å²) in [6.45, 7) is 0. The summed E-state index contributed by atoms with van der Waals surface area (Å²) in [5.74, 6) is 0. The molecule has 1 aliphatic carbocycles. The van der Waals surface area contributed by atoms with Crippen LogP contribution in [0.15, 0.2) is 30.6 Å². The van der Waals surface area contributed by atoms with E-state index in [2.05, 4.69) is 4.98 Å². The zero-order chi connectivity index (χ0) is 10.5. The molecule has 2 aromatic heterocycles. The standard InChI is InChI=1S/C11H13N3O/c12-11(5-8(15)6-11)9-7-13-10-3-1-2-4-14(9)10/h1-4,7-8,15H,5-6,12H2. The van der Waals surface area contributed by atoms with Crippen molar-refractivity contribution in [1.82, 2.24) is 9.38 Å². The highest BCUT2D eigenvalue weighted by atomic mass is 16.3. The minimum Gasteiger partial charge on any atom is -0.393 e. The highest BCUT2D eigenvalue weighted by Crippen LogP contribution is 2.38. The van der Waals surface area contributed by atoms with Crippen LogP contribution in [0.4, 0.5) is 0 Å². The number of nitrogens with two attached hydrogens (primary N) is 1. The average Bonchev–Trinajstić information content (AvgIpc) is 2.59. The van der Waals surface area contributed by atoms with Gasteiger partial charge in [-0.2, -0.15) is 0 Å². The average molecular weight is 203 g/mol. The maximum Gasteiger partial charge on any atom is 0.136 e. The van der Waals surface area contributed by atoms with Gasteiger partial charge in [0.25, 0.3) is 0 Å². The van der Waals surface area contributed by atoms with E-state index in [4.69, 9.17) is 5.73 Å². The quantitative estimate of drug-likeness (QED) is 0.715. The van der Waals surface area contributed by atoms with Crippen LogP contribution in [0.1, 0.15) is 18.5 Å². The summed E-state index contributed by atoms with van der Waals surface area (Å²) in [7, 11) is 0. The summed E-state index contributed by atoms with van der Waals surface area (Å²) in [4.78, 5) is 4.29. The van der Waals surface area contributed by atoms with Crippen molar-refractivity contribution >= 4 is 5.65 Å². The third kappa shape index (κ3) is 1.19. The van der Waals surface area contributed by atoms with Gasteiger partial charge in [0.05, 0.1) is 23.5 Å². The van der Waals surface area contributed by atoms with Gasteiger partial charge in [-0.1, -0.05) is 6.07 Å². The summed E-state index contributed by atoms with van der Waals surface area (Å²) >= 11 is 0. The largest absolute Gasteiger partial charge is 0.393 e. The van der Waals surface area contributed by atoms with Crippen molar-refractivity contribution in [2.45, 2.75) is 24.5 Å². The Hall–Kier alpha value is -1.39. The first-order valence-corrected chi connectivity index (χ1v) is 5.09. The Balaban J connectivity index is 2.12. The topological polar surface area (TPSA) is 63.5 Å². The molecule has 2 heterocycles. The molecular weight excluding hydrogens is 190 g/mol. The van der Waals surface area contributed by atoms with Crippen LogP contribution < -0.4 is 5.73 Å². The molecule has 0 saturated heterocycles. The maximum atomic E-state index is 9.34. The maximum absolute atomic E-state index is 9.34. The molecule has 1 fully saturated rings. The van der Waals surface area contributed by atoms with E-state index in [-0.39, 0.29) is 6.10 Å². The van der Waals surface area contributed by atoms with E-state index in [9.17, 15) is 5.11 Å². The number of rotatable bonds is 1. The molecule has 4 nitrogen and oxygen atoms in total. The first kappa shape index (κ1) is 8.88. The van der Waals surface area contributed by atoms with Crippen LogP contribution in [0.25, 0.3) is 5.65 Å². The van der Waals surface area contributed by atoms with Crippen molar-refractivity contribution in [3.63, 3.8) is 0 Å². The number of hydrogen-bond donors (Lipinski definition) is 2. The van der Waals surface area contributed by atoms with Gasteiger partial charge in [0.15, 0.2) is 0 Å². The van der Waals surface area contributed by atoms with E-state index in [0.717, 1.165) is 11.3 Å². The number of pyridine rings is 1. The number of aromatic nitrogens is 2. The lowest BCUT2D eigenvalue weighted by atomic mass is 9.73. The molecule has 0 radical (unpaired) electrons. The van der Waals surface area contributed by atoms with Gasteiger partial charge in [0, 0.05) is 6.20 Å². The Bertz CT molecular complexity index is 499. The third-order valence-corrected chi connectivity index (χ3v) is 3.13. The second kappa shape index (κ2) is 2.81. The Morgan fingerprint density at radius 2 is 2.27 bits per heavy atom. The Morgan fingerprint density at radius 1 is 1.47 bits per heavy atom. The normalized spacial score (nSPS) is 30.4. The molecular formula is C11H13N3O. The van der Waals surface area contributed by atoms with Gasteiger partial charge in [-0.15, -0.1) is 0 Å². The Morgan fingerprint density at radius 3 is 3.00 bits per heavy atom. The van der Waals surface area contributed by atoms with Gasteiger partial charge in [0.2, 0.25) is 0 Å². The SMILES string of the molecule is NC1(c2cnc3ccccn23)CC(O)C1. The van der Waals surface area contributed by atoms with Crippen molar-refractivity contribution in [2.75, 3.05) is 0 Å². The number of imidazole rings is 1. The zero-order valence-electron chi connectivity index (χ0n) is 8.30. The van der Waals surface area contributed by atoms with Crippen LogP contribution in [-0.2, 0) is 5.54 Å². The smallest absolute Gasteiger partial charge is 0.136 e. The monoisotopic (exact) mass is 203 g/mol. The molecule has 0 aromatic carbocycles. The highest BCUT2D eigenvalue weighted by Gasteiger charge is 2.43. The lowest BCUT2D eigenvalue weighted by Gasteiger charge is -2.41. The van der Waals surface area contributed by atoms with Crippen molar-refractivity contribution in [3.05, 3.63) is 36.3 Å². The number of aliphatic hydroxyl groups is 1. The lowest BCUT2D eigenvalue weighted by molar-refractivity contribution is 0.0184. The first-order valence-electron chi connectivity index (χ1n) is 5.09.